The lowest BCUT2D eigenvalue weighted by atomic mass is 9.97. The summed E-state index contributed by atoms with van der Waals surface area (Å²) >= 11 is 0. The van der Waals surface area contributed by atoms with Crippen molar-refractivity contribution in [3.8, 4) is 11.3 Å². The van der Waals surface area contributed by atoms with E-state index in [1.165, 1.54) is 36.5 Å². The zero-order valence-electron chi connectivity index (χ0n) is 33.9. The summed E-state index contributed by atoms with van der Waals surface area (Å²) in [5.74, 6) is 0.541. The summed E-state index contributed by atoms with van der Waals surface area (Å²) in [5, 5.41) is 5.36. The first kappa shape index (κ1) is 41.7. The van der Waals surface area contributed by atoms with Crippen LogP contribution in [0.1, 0.15) is 88.4 Å². The van der Waals surface area contributed by atoms with Gasteiger partial charge in [0.2, 0.25) is 11.8 Å². The van der Waals surface area contributed by atoms with Crippen molar-refractivity contribution < 1.29 is 28.7 Å². The highest BCUT2D eigenvalue weighted by molar-refractivity contribution is 6.03. The van der Waals surface area contributed by atoms with Crippen LogP contribution in [-0.4, -0.2) is 94.9 Å². The molecule has 0 aliphatic carbocycles. The van der Waals surface area contributed by atoms with Crippen LogP contribution in [0, 0.1) is 25.7 Å². The Kier molecular flexibility index (Phi) is 14.1. The fraction of sp³-hybridized carbons (Fsp3) is 0.488. The number of benzene rings is 2. The Morgan fingerprint density at radius 2 is 1.21 bits per heavy atom. The molecule has 300 valence electrons. The van der Waals surface area contributed by atoms with Gasteiger partial charge in [-0.05, 0) is 68.1 Å². The standard InChI is InChI=1S/C22H29N3O3.C21H28N4O3/c1-14(2)20(24-22(27)28-4)21(26)25-11-5-6-19(25)18-12-17(13-23-18)16-9-7-15(3)8-10-16;1-13(2)18(24-21(27)28-4)20(26)25-11-5-6-17(25)19-22-12-16(23-19)15-9-7-14(3)8-10-15/h7-10,13-14,19-20H,5-6,11-12H2,1-4H3,(H,24,27);7-10,12-13,17-18H,5-6,11H2,1-4H3,(H,22,23)(H,24,27)/t19-,20-;17-,18-/m00/s1. The van der Waals surface area contributed by atoms with Gasteiger partial charge in [-0.25, -0.2) is 14.6 Å². The molecule has 0 radical (unpaired) electrons. The number of methoxy groups -OCH3 is 2. The van der Waals surface area contributed by atoms with Crippen LogP contribution >= 0.6 is 0 Å². The number of alkyl carbamates (subject to hydrolysis) is 2. The molecule has 0 spiro atoms. The average Bonchev–Trinajstić information content (AvgIpc) is 4.02. The number of likely N-dealkylation sites (tertiary alicyclic amines) is 2. The first-order valence-electron chi connectivity index (χ1n) is 19.6. The van der Waals surface area contributed by atoms with Crippen LogP contribution in [0.5, 0.6) is 0 Å². The van der Waals surface area contributed by atoms with Gasteiger partial charge in [0, 0.05) is 31.4 Å². The van der Waals surface area contributed by atoms with Crippen molar-refractivity contribution in [2.75, 3.05) is 27.3 Å². The van der Waals surface area contributed by atoms with E-state index in [-0.39, 0.29) is 35.7 Å². The van der Waals surface area contributed by atoms with Gasteiger partial charge in [0.15, 0.2) is 0 Å². The number of amides is 4. The fourth-order valence-electron chi connectivity index (χ4n) is 7.43. The molecule has 0 saturated carbocycles. The third-order valence-electron chi connectivity index (χ3n) is 10.7. The number of rotatable bonds is 10. The molecule has 3 aromatic rings. The van der Waals surface area contributed by atoms with Gasteiger partial charge in [0.25, 0.3) is 0 Å². The molecule has 3 N–H and O–H groups in total. The van der Waals surface area contributed by atoms with Gasteiger partial charge in [-0.15, -0.1) is 0 Å². The smallest absolute Gasteiger partial charge is 0.407 e. The second-order valence-electron chi connectivity index (χ2n) is 15.5. The molecule has 3 aliphatic rings. The maximum Gasteiger partial charge on any atom is 0.407 e. The summed E-state index contributed by atoms with van der Waals surface area (Å²) in [4.78, 5) is 65.9. The summed E-state index contributed by atoms with van der Waals surface area (Å²) in [6.45, 7) is 13.1. The molecular formula is C43H57N7O6. The molecule has 0 unspecified atom stereocenters. The van der Waals surface area contributed by atoms with Gasteiger partial charge in [0.1, 0.15) is 17.9 Å². The number of carbonyl (C=O) groups is 4. The molecule has 4 atom stereocenters. The minimum Gasteiger partial charge on any atom is -0.453 e. The molecule has 13 nitrogen and oxygen atoms in total. The number of nitrogens with one attached hydrogen (secondary N) is 3. The lowest BCUT2D eigenvalue weighted by Gasteiger charge is -2.31. The number of carbonyl (C=O) groups excluding carboxylic acids is 4. The summed E-state index contributed by atoms with van der Waals surface area (Å²) in [5.41, 5.74) is 7.81. The fourth-order valence-corrected chi connectivity index (χ4v) is 7.43. The Morgan fingerprint density at radius 3 is 1.71 bits per heavy atom. The number of aryl methyl sites for hydroxylation is 2. The third kappa shape index (κ3) is 10.0. The van der Waals surface area contributed by atoms with Crippen molar-refractivity contribution in [2.45, 2.75) is 97.8 Å². The van der Waals surface area contributed by atoms with Gasteiger partial charge in [-0.3, -0.25) is 14.6 Å². The Labute approximate surface area is 330 Å². The molecule has 2 saturated heterocycles. The summed E-state index contributed by atoms with van der Waals surface area (Å²) in [6.07, 6.45) is 6.92. The number of nitrogens with zero attached hydrogens (tertiary/aromatic N) is 4. The zero-order valence-corrected chi connectivity index (χ0v) is 33.9. The maximum absolute atomic E-state index is 13.2. The lowest BCUT2D eigenvalue weighted by molar-refractivity contribution is -0.135. The summed E-state index contributed by atoms with van der Waals surface area (Å²) in [7, 11) is 2.60. The van der Waals surface area contributed by atoms with E-state index in [0.29, 0.717) is 13.1 Å². The number of H-pyrrole nitrogens is 1. The van der Waals surface area contributed by atoms with Gasteiger partial charge in [0.05, 0.1) is 38.2 Å². The molecule has 4 amide bonds. The van der Waals surface area contributed by atoms with Gasteiger partial charge < -0.3 is 34.9 Å². The van der Waals surface area contributed by atoms with E-state index < -0.39 is 24.3 Å². The predicted octanol–water partition coefficient (Wildman–Crippen LogP) is 6.98. The van der Waals surface area contributed by atoms with Crippen molar-refractivity contribution in [1.82, 2.24) is 30.4 Å². The number of aromatic nitrogens is 2. The maximum atomic E-state index is 13.2. The van der Waals surface area contributed by atoms with E-state index in [1.54, 1.807) is 0 Å². The topological polar surface area (TPSA) is 158 Å². The highest BCUT2D eigenvalue weighted by atomic mass is 16.5. The minimum atomic E-state index is -0.625. The normalized spacial score (nSPS) is 18.8. The van der Waals surface area contributed by atoms with Crippen molar-refractivity contribution in [3.05, 3.63) is 83.4 Å². The predicted molar refractivity (Wildman–Crippen MR) is 217 cm³/mol. The number of aromatic amines is 1. The molecule has 13 heteroatoms. The second-order valence-corrected chi connectivity index (χ2v) is 15.5. The monoisotopic (exact) mass is 767 g/mol. The molecule has 4 heterocycles. The third-order valence-corrected chi connectivity index (χ3v) is 10.7. The highest BCUT2D eigenvalue weighted by Gasteiger charge is 2.39. The van der Waals surface area contributed by atoms with Crippen molar-refractivity contribution in [3.63, 3.8) is 0 Å². The SMILES string of the molecule is COC(=O)N[C@H](C(=O)N1CCC[C@H]1C1=NC=C(c2ccc(C)cc2)C1)C(C)C.COC(=O)N[C@H](C(=O)N1CCC[C@H]1c1ncc(-c2ccc(C)cc2)[nH]1)C(C)C. The van der Waals surface area contributed by atoms with E-state index >= 15 is 0 Å². The van der Waals surface area contributed by atoms with E-state index in [0.717, 1.165) is 54.9 Å². The van der Waals surface area contributed by atoms with Crippen LogP contribution in [0.4, 0.5) is 9.59 Å². The molecule has 1 aromatic heterocycles. The largest absolute Gasteiger partial charge is 0.453 e. The highest BCUT2D eigenvalue weighted by Crippen LogP contribution is 2.33. The molecule has 2 fully saturated rings. The number of aliphatic imine (C=N–C) groups is 1. The molecule has 6 rings (SSSR count). The average molecular weight is 768 g/mol. The Morgan fingerprint density at radius 1 is 0.732 bits per heavy atom. The van der Waals surface area contributed by atoms with E-state index in [4.69, 9.17) is 0 Å². The molecule has 2 aromatic carbocycles. The van der Waals surface area contributed by atoms with Crippen LogP contribution < -0.4 is 10.6 Å². The first-order valence-corrected chi connectivity index (χ1v) is 19.6. The van der Waals surface area contributed by atoms with E-state index in [9.17, 15) is 19.2 Å². The molecule has 56 heavy (non-hydrogen) atoms. The molecule has 3 aliphatic heterocycles. The van der Waals surface area contributed by atoms with Crippen molar-refractivity contribution in [1.29, 1.82) is 0 Å². The first-order chi connectivity index (χ1) is 26.8. The number of allylic oxidation sites excluding steroid dienone is 1. The van der Waals surface area contributed by atoms with Gasteiger partial charge in [-0.1, -0.05) is 87.4 Å². The Bertz CT molecular complexity index is 1900. The van der Waals surface area contributed by atoms with E-state index in [1.807, 2.05) is 49.9 Å². The Balaban J connectivity index is 0.000000214. The van der Waals surface area contributed by atoms with Crippen LogP contribution in [0.2, 0.25) is 0 Å². The number of hydrogen-bond acceptors (Lipinski definition) is 8. The quantitative estimate of drug-likeness (QED) is 0.201. The minimum absolute atomic E-state index is 0.00704. The number of ether oxygens (including phenoxy) is 2. The summed E-state index contributed by atoms with van der Waals surface area (Å²) in [6, 6.07) is 15.3. The lowest BCUT2D eigenvalue weighted by Crippen LogP contribution is -2.53. The van der Waals surface area contributed by atoms with Gasteiger partial charge >= 0.3 is 12.2 Å². The van der Waals surface area contributed by atoms with Crippen LogP contribution in [0.15, 0.2) is 65.9 Å². The van der Waals surface area contributed by atoms with Crippen molar-refractivity contribution >= 4 is 35.3 Å². The number of hydrogen-bond donors (Lipinski definition) is 3. The van der Waals surface area contributed by atoms with Crippen molar-refractivity contribution in [2.24, 2.45) is 16.8 Å². The molecule has 0 bridgehead atoms. The number of imidazole rings is 1. The zero-order chi connectivity index (χ0) is 40.5. The molecular weight excluding hydrogens is 711 g/mol. The second kappa shape index (κ2) is 18.9. The van der Waals surface area contributed by atoms with Crippen LogP contribution in [-0.2, 0) is 19.1 Å². The van der Waals surface area contributed by atoms with Crippen LogP contribution in [0.25, 0.3) is 16.8 Å². The Hall–Kier alpha value is -5.46. The summed E-state index contributed by atoms with van der Waals surface area (Å²) < 4.78 is 9.37. The van der Waals surface area contributed by atoms with E-state index in [2.05, 4.69) is 97.4 Å². The van der Waals surface area contributed by atoms with Crippen LogP contribution in [0.3, 0.4) is 0 Å². The van der Waals surface area contributed by atoms with Gasteiger partial charge in [-0.2, -0.15) is 0 Å².